The lowest BCUT2D eigenvalue weighted by Crippen LogP contribution is -2.50. The highest BCUT2D eigenvalue weighted by Gasteiger charge is 2.31. The van der Waals surface area contributed by atoms with Gasteiger partial charge in [-0.25, -0.2) is 0 Å². The first-order valence-electron chi connectivity index (χ1n) is 8.63. The fourth-order valence-electron chi connectivity index (χ4n) is 3.65. The number of carbonyl (C=O) groups excluding carboxylic acids is 2. The van der Waals surface area contributed by atoms with Crippen molar-refractivity contribution in [1.29, 1.82) is 0 Å². The van der Waals surface area contributed by atoms with Crippen molar-refractivity contribution in [2.45, 2.75) is 63.5 Å². The Bertz CT molecular complexity index is 388. The van der Waals surface area contributed by atoms with Crippen molar-refractivity contribution < 1.29 is 9.59 Å². The fraction of sp³-hybridized carbons (Fsp3) is 0.875. The molecule has 0 aromatic rings. The van der Waals surface area contributed by atoms with Crippen LogP contribution in [0.3, 0.4) is 0 Å². The van der Waals surface area contributed by atoms with Crippen LogP contribution in [0.2, 0.25) is 0 Å². The molecule has 0 aromatic carbocycles. The molecule has 0 bridgehead atoms. The second kappa shape index (κ2) is 8.48. The molecule has 1 heterocycles. The molecule has 6 nitrogen and oxygen atoms in total. The van der Waals surface area contributed by atoms with Crippen LogP contribution >= 0.6 is 0 Å². The van der Waals surface area contributed by atoms with E-state index >= 15 is 0 Å². The zero-order valence-electron chi connectivity index (χ0n) is 13.4. The normalized spacial score (nSPS) is 28.6. The Morgan fingerprint density at radius 1 is 1.14 bits per heavy atom. The smallest absolute Gasteiger partial charge is 0.223 e. The average molecular weight is 310 g/mol. The monoisotopic (exact) mass is 310 g/mol. The van der Waals surface area contributed by atoms with E-state index in [4.69, 9.17) is 11.5 Å². The number of nitrogens with one attached hydrogen (secondary N) is 1. The molecule has 2 fully saturated rings. The maximum absolute atomic E-state index is 12.6. The summed E-state index contributed by atoms with van der Waals surface area (Å²) in [6.07, 6.45) is 7.28. The standard InChI is InChI=1S/C16H30N4O2/c17-8-7-15(21)19-11-13-5-1-2-9-20(13)16(22)10-12-4-3-6-14(12)18/h12-14H,1-11,17-18H2,(H,19,21)/t12-,13?,14+/m0/s1. The lowest BCUT2D eigenvalue weighted by molar-refractivity contribution is -0.136. The summed E-state index contributed by atoms with van der Waals surface area (Å²) in [6.45, 7) is 1.71. The zero-order chi connectivity index (χ0) is 15.9. The van der Waals surface area contributed by atoms with E-state index in [-0.39, 0.29) is 23.9 Å². The van der Waals surface area contributed by atoms with E-state index in [9.17, 15) is 9.59 Å². The van der Waals surface area contributed by atoms with Gasteiger partial charge in [-0.05, 0) is 38.0 Å². The molecule has 1 aliphatic heterocycles. The summed E-state index contributed by atoms with van der Waals surface area (Å²) in [4.78, 5) is 26.2. The van der Waals surface area contributed by atoms with Gasteiger partial charge in [0.2, 0.25) is 11.8 Å². The van der Waals surface area contributed by atoms with Gasteiger partial charge in [0.05, 0.1) is 0 Å². The van der Waals surface area contributed by atoms with Crippen LogP contribution in [0.1, 0.15) is 51.4 Å². The van der Waals surface area contributed by atoms with Crippen molar-refractivity contribution in [3.63, 3.8) is 0 Å². The third kappa shape index (κ3) is 4.68. The van der Waals surface area contributed by atoms with Crippen LogP contribution in [-0.2, 0) is 9.59 Å². The summed E-state index contributed by atoms with van der Waals surface area (Å²) in [7, 11) is 0. The second-order valence-electron chi connectivity index (χ2n) is 6.64. The van der Waals surface area contributed by atoms with Gasteiger partial charge in [-0.15, -0.1) is 0 Å². The van der Waals surface area contributed by atoms with Crippen molar-refractivity contribution >= 4 is 11.8 Å². The number of likely N-dealkylation sites (tertiary alicyclic amines) is 1. The van der Waals surface area contributed by atoms with Crippen LogP contribution in [0.4, 0.5) is 0 Å². The van der Waals surface area contributed by atoms with Crippen molar-refractivity contribution in [2.24, 2.45) is 17.4 Å². The molecule has 2 aliphatic rings. The minimum Gasteiger partial charge on any atom is -0.354 e. The number of hydrogen-bond acceptors (Lipinski definition) is 4. The topological polar surface area (TPSA) is 101 Å². The Morgan fingerprint density at radius 2 is 1.95 bits per heavy atom. The Balaban J connectivity index is 1.85. The molecule has 0 radical (unpaired) electrons. The molecule has 6 heteroatoms. The molecule has 5 N–H and O–H groups in total. The molecule has 3 atom stereocenters. The number of piperidine rings is 1. The van der Waals surface area contributed by atoms with E-state index < -0.39 is 0 Å². The number of amides is 2. The van der Waals surface area contributed by atoms with Crippen molar-refractivity contribution in [3.05, 3.63) is 0 Å². The molecule has 1 unspecified atom stereocenters. The molecule has 0 aromatic heterocycles. The van der Waals surface area contributed by atoms with E-state index in [1.165, 1.54) is 0 Å². The van der Waals surface area contributed by atoms with Crippen LogP contribution in [0.25, 0.3) is 0 Å². The lowest BCUT2D eigenvalue weighted by Gasteiger charge is -2.36. The van der Waals surface area contributed by atoms with Crippen molar-refractivity contribution in [1.82, 2.24) is 10.2 Å². The maximum Gasteiger partial charge on any atom is 0.223 e. The maximum atomic E-state index is 12.6. The van der Waals surface area contributed by atoms with Crippen LogP contribution < -0.4 is 16.8 Å². The Kier molecular flexibility index (Phi) is 6.64. The highest BCUT2D eigenvalue weighted by molar-refractivity contribution is 5.78. The van der Waals surface area contributed by atoms with E-state index in [2.05, 4.69) is 5.32 Å². The minimum atomic E-state index is -0.0294. The zero-order valence-corrected chi connectivity index (χ0v) is 13.4. The van der Waals surface area contributed by atoms with E-state index in [1.807, 2.05) is 4.90 Å². The van der Waals surface area contributed by atoms with E-state index in [0.717, 1.165) is 45.1 Å². The molecule has 126 valence electrons. The van der Waals surface area contributed by atoms with E-state index in [1.54, 1.807) is 0 Å². The molecule has 1 saturated carbocycles. The number of hydrogen-bond donors (Lipinski definition) is 3. The Hall–Kier alpha value is -1.14. The Labute approximate surface area is 133 Å². The first kappa shape index (κ1) is 17.2. The van der Waals surface area contributed by atoms with Gasteiger partial charge in [0.15, 0.2) is 0 Å². The third-order valence-corrected chi connectivity index (χ3v) is 5.01. The quantitative estimate of drug-likeness (QED) is 0.659. The third-order valence-electron chi connectivity index (χ3n) is 5.01. The fourth-order valence-corrected chi connectivity index (χ4v) is 3.65. The predicted octanol–water partition coefficient (Wildman–Crippen LogP) is 0.350. The molecule has 2 rings (SSSR count). The van der Waals surface area contributed by atoms with Gasteiger partial charge in [-0.3, -0.25) is 9.59 Å². The second-order valence-corrected chi connectivity index (χ2v) is 6.64. The molecule has 22 heavy (non-hydrogen) atoms. The van der Waals surface area contributed by atoms with E-state index in [0.29, 0.717) is 31.8 Å². The SMILES string of the molecule is NCCC(=O)NCC1CCCCN1C(=O)C[C@@H]1CCC[C@H]1N. The summed E-state index contributed by atoms with van der Waals surface area (Å²) in [5.41, 5.74) is 11.5. The van der Waals surface area contributed by atoms with Gasteiger partial charge in [0.1, 0.15) is 0 Å². The summed E-state index contributed by atoms with van der Waals surface area (Å²) < 4.78 is 0. The molecule has 1 saturated heterocycles. The lowest BCUT2D eigenvalue weighted by atomic mass is 9.96. The van der Waals surface area contributed by atoms with Crippen molar-refractivity contribution in [2.75, 3.05) is 19.6 Å². The van der Waals surface area contributed by atoms with Crippen LogP contribution in [-0.4, -0.2) is 48.4 Å². The summed E-state index contributed by atoms with van der Waals surface area (Å²) in [5.74, 6) is 0.514. The van der Waals surface area contributed by atoms with Gasteiger partial charge >= 0.3 is 0 Å². The predicted molar refractivity (Wildman–Crippen MR) is 86.0 cm³/mol. The van der Waals surface area contributed by atoms with Gasteiger partial charge in [0, 0.05) is 44.6 Å². The molecule has 2 amide bonds. The van der Waals surface area contributed by atoms with Crippen LogP contribution in [0, 0.1) is 5.92 Å². The first-order chi connectivity index (χ1) is 10.6. The highest BCUT2D eigenvalue weighted by Crippen LogP contribution is 2.28. The minimum absolute atomic E-state index is 0.0294. The highest BCUT2D eigenvalue weighted by atomic mass is 16.2. The largest absolute Gasteiger partial charge is 0.354 e. The van der Waals surface area contributed by atoms with Crippen molar-refractivity contribution in [3.8, 4) is 0 Å². The van der Waals surface area contributed by atoms with Crippen LogP contribution in [0.5, 0.6) is 0 Å². The molecule has 0 spiro atoms. The van der Waals surface area contributed by atoms with Crippen LogP contribution in [0.15, 0.2) is 0 Å². The molecular formula is C16H30N4O2. The molecule has 1 aliphatic carbocycles. The summed E-state index contributed by atoms with van der Waals surface area (Å²) >= 11 is 0. The number of rotatable bonds is 6. The number of carbonyl (C=O) groups is 2. The Morgan fingerprint density at radius 3 is 2.64 bits per heavy atom. The average Bonchev–Trinajstić information content (AvgIpc) is 2.91. The van der Waals surface area contributed by atoms with Gasteiger partial charge in [0.25, 0.3) is 0 Å². The number of nitrogens with two attached hydrogens (primary N) is 2. The summed E-state index contributed by atoms with van der Waals surface area (Å²) in [6, 6.07) is 0.303. The summed E-state index contributed by atoms with van der Waals surface area (Å²) in [5, 5.41) is 2.90. The number of nitrogens with zero attached hydrogens (tertiary/aromatic N) is 1. The first-order valence-corrected chi connectivity index (χ1v) is 8.63. The van der Waals surface area contributed by atoms with Gasteiger partial charge < -0.3 is 21.7 Å². The van der Waals surface area contributed by atoms with Gasteiger partial charge in [-0.1, -0.05) is 6.42 Å². The molecular weight excluding hydrogens is 280 g/mol. The van der Waals surface area contributed by atoms with Gasteiger partial charge in [-0.2, -0.15) is 0 Å².